The van der Waals surface area contributed by atoms with E-state index in [-0.39, 0.29) is 12.5 Å². The maximum absolute atomic E-state index is 11.8. The van der Waals surface area contributed by atoms with E-state index in [2.05, 4.69) is 17.5 Å². The summed E-state index contributed by atoms with van der Waals surface area (Å²) < 4.78 is 11.0. The molecule has 0 aliphatic carbocycles. The summed E-state index contributed by atoms with van der Waals surface area (Å²) in [6.07, 6.45) is 6.27. The van der Waals surface area contributed by atoms with Crippen molar-refractivity contribution in [1.29, 1.82) is 5.26 Å². The predicted molar refractivity (Wildman–Crippen MR) is 108 cm³/mol. The molecule has 0 saturated heterocycles. The van der Waals surface area contributed by atoms with Crippen molar-refractivity contribution in [2.75, 3.05) is 13.2 Å². The second-order valence-corrected chi connectivity index (χ2v) is 6.20. The van der Waals surface area contributed by atoms with Gasteiger partial charge in [-0.25, -0.2) is 5.43 Å². The minimum absolute atomic E-state index is 0.159. The molecular formula is C22H25N3O3. The van der Waals surface area contributed by atoms with Crippen molar-refractivity contribution in [2.45, 2.75) is 32.6 Å². The van der Waals surface area contributed by atoms with Gasteiger partial charge in [-0.05, 0) is 60.5 Å². The Labute approximate surface area is 165 Å². The number of rotatable bonds is 11. The molecule has 0 atom stereocenters. The molecule has 0 spiro atoms. The van der Waals surface area contributed by atoms with E-state index < -0.39 is 0 Å². The maximum atomic E-state index is 11.8. The van der Waals surface area contributed by atoms with Crippen molar-refractivity contribution >= 4 is 12.1 Å². The SMILES string of the molecule is CCCCCCOc1ccc(C=NNC(=O)COc2ccc(C#N)cc2)cc1. The molecule has 0 saturated carbocycles. The smallest absolute Gasteiger partial charge is 0.277 e. The molecule has 1 amide bonds. The van der Waals surface area contributed by atoms with E-state index in [4.69, 9.17) is 14.7 Å². The molecule has 2 aromatic rings. The lowest BCUT2D eigenvalue weighted by Gasteiger charge is -2.06. The van der Waals surface area contributed by atoms with Gasteiger partial charge in [0.2, 0.25) is 0 Å². The van der Waals surface area contributed by atoms with Gasteiger partial charge in [-0.1, -0.05) is 26.2 Å². The van der Waals surface area contributed by atoms with Gasteiger partial charge in [0.05, 0.1) is 24.5 Å². The standard InChI is InChI=1S/C22H25N3O3/c1-2-3-4-5-14-27-20-12-8-19(9-13-20)16-24-25-22(26)17-28-21-10-6-18(15-23)7-11-21/h6-13,16H,2-5,14,17H2,1H3,(H,25,26). The summed E-state index contributed by atoms with van der Waals surface area (Å²) in [7, 11) is 0. The minimum Gasteiger partial charge on any atom is -0.494 e. The van der Waals surface area contributed by atoms with Crippen molar-refractivity contribution < 1.29 is 14.3 Å². The van der Waals surface area contributed by atoms with Gasteiger partial charge in [-0.3, -0.25) is 4.79 Å². The highest BCUT2D eigenvalue weighted by Crippen LogP contribution is 2.12. The van der Waals surface area contributed by atoms with Crippen LogP contribution in [0.3, 0.4) is 0 Å². The topological polar surface area (TPSA) is 83.7 Å². The number of hydrogen-bond donors (Lipinski definition) is 1. The van der Waals surface area contributed by atoms with E-state index in [9.17, 15) is 4.79 Å². The molecule has 0 aliphatic heterocycles. The Morgan fingerprint density at radius 2 is 1.71 bits per heavy atom. The molecule has 2 rings (SSSR count). The molecule has 6 heteroatoms. The number of benzene rings is 2. The molecule has 146 valence electrons. The summed E-state index contributed by atoms with van der Waals surface area (Å²) in [5, 5.41) is 12.7. The van der Waals surface area contributed by atoms with Crippen molar-refractivity contribution in [1.82, 2.24) is 5.43 Å². The van der Waals surface area contributed by atoms with Gasteiger partial charge >= 0.3 is 0 Å². The molecule has 0 unspecified atom stereocenters. The first kappa shape index (κ1) is 21.0. The first-order chi connectivity index (χ1) is 13.7. The molecule has 0 aromatic heterocycles. The zero-order valence-electron chi connectivity index (χ0n) is 16.1. The number of unbranched alkanes of at least 4 members (excludes halogenated alkanes) is 3. The van der Waals surface area contributed by atoms with Crippen molar-refractivity contribution in [3.05, 3.63) is 59.7 Å². The predicted octanol–water partition coefficient (Wildman–Crippen LogP) is 4.05. The van der Waals surface area contributed by atoms with Crippen molar-refractivity contribution in [3.63, 3.8) is 0 Å². The molecule has 1 N–H and O–H groups in total. The zero-order chi connectivity index (χ0) is 20.0. The van der Waals surface area contributed by atoms with Gasteiger partial charge < -0.3 is 9.47 Å². The molecular weight excluding hydrogens is 354 g/mol. The fraction of sp³-hybridized carbons (Fsp3) is 0.318. The summed E-state index contributed by atoms with van der Waals surface area (Å²) in [6, 6.07) is 16.1. The summed E-state index contributed by atoms with van der Waals surface area (Å²) in [6.45, 7) is 2.75. The molecule has 0 aliphatic rings. The van der Waals surface area contributed by atoms with E-state index in [0.717, 1.165) is 24.3 Å². The first-order valence-electron chi connectivity index (χ1n) is 9.39. The zero-order valence-corrected chi connectivity index (χ0v) is 16.1. The third-order valence-electron chi connectivity index (χ3n) is 3.90. The van der Waals surface area contributed by atoms with Crippen LogP contribution in [0.5, 0.6) is 11.5 Å². The molecule has 0 fully saturated rings. The molecule has 0 heterocycles. The fourth-order valence-corrected chi connectivity index (χ4v) is 2.35. The third kappa shape index (κ3) is 7.92. The first-order valence-corrected chi connectivity index (χ1v) is 9.39. The average molecular weight is 379 g/mol. The number of hydrazone groups is 1. The van der Waals surface area contributed by atoms with Crippen LogP contribution in [0.15, 0.2) is 53.6 Å². The summed E-state index contributed by atoms with van der Waals surface area (Å²) >= 11 is 0. The van der Waals surface area contributed by atoms with Crippen LogP contribution in [0, 0.1) is 11.3 Å². The summed E-state index contributed by atoms with van der Waals surface area (Å²) in [4.78, 5) is 11.8. The summed E-state index contributed by atoms with van der Waals surface area (Å²) in [5.74, 6) is 0.976. The highest BCUT2D eigenvalue weighted by molar-refractivity contribution is 5.83. The van der Waals surface area contributed by atoms with Crippen LogP contribution in [0.1, 0.15) is 43.7 Å². The van der Waals surface area contributed by atoms with Crippen LogP contribution in [0.2, 0.25) is 0 Å². The fourth-order valence-electron chi connectivity index (χ4n) is 2.35. The Hall–Kier alpha value is -3.33. The third-order valence-corrected chi connectivity index (χ3v) is 3.90. The van der Waals surface area contributed by atoms with E-state index in [1.165, 1.54) is 19.3 Å². The number of nitriles is 1. The number of carbonyl (C=O) groups is 1. The quantitative estimate of drug-likeness (QED) is 0.363. The monoisotopic (exact) mass is 379 g/mol. The average Bonchev–Trinajstić information content (AvgIpc) is 2.73. The number of nitrogens with zero attached hydrogens (tertiary/aromatic N) is 2. The molecule has 0 bridgehead atoms. The Balaban J connectivity index is 1.68. The van der Waals surface area contributed by atoms with Crippen LogP contribution in [-0.2, 0) is 4.79 Å². The normalized spacial score (nSPS) is 10.4. The number of amides is 1. The van der Waals surface area contributed by atoms with Crippen molar-refractivity contribution in [3.8, 4) is 17.6 Å². The molecule has 2 aromatic carbocycles. The summed E-state index contributed by atoms with van der Waals surface area (Å²) in [5.41, 5.74) is 3.80. The van der Waals surface area contributed by atoms with Crippen LogP contribution in [0.4, 0.5) is 0 Å². The molecule has 28 heavy (non-hydrogen) atoms. The van der Waals surface area contributed by atoms with E-state index >= 15 is 0 Å². The van der Waals surface area contributed by atoms with E-state index in [0.29, 0.717) is 11.3 Å². The van der Waals surface area contributed by atoms with Crippen LogP contribution >= 0.6 is 0 Å². The molecule has 6 nitrogen and oxygen atoms in total. The number of ether oxygens (including phenoxy) is 2. The number of hydrogen-bond acceptors (Lipinski definition) is 5. The van der Waals surface area contributed by atoms with Crippen LogP contribution in [0.25, 0.3) is 0 Å². The number of nitrogens with one attached hydrogen (secondary N) is 1. The Morgan fingerprint density at radius 3 is 2.39 bits per heavy atom. The lowest BCUT2D eigenvalue weighted by atomic mass is 10.2. The lowest BCUT2D eigenvalue weighted by molar-refractivity contribution is -0.123. The van der Waals surface area contributed by atoms with Crippen LogP contribution < -0.4 is 14.9 Å². The van der Waals surface area contributed by atoms with Gasteiger partial charge in [-0.15, -0.1) is 0 Å². The highest BCUT2D eigenvalue weighted by atomic mass is 16.5. The van der Waals surface area contributed by atoms with Gasteiger partial charge in [0.1, 0.15) is 11.5 Å². The van der Waals surface area contributed by atoms with Gasteiger partial charge in [0.25, 0.3) is 5.91 Å². The second kappa shape index (κ2) is 12.1. The van der Waals surface area contributed by atoms with Gasteiger partial charge in [0, 0.05) is 0 Å². The van der Waals surface area contributed by atoms with Gasteiger partial charge in [-0.2, -0.15) is 10.4 Å². The Kier molecular flexibility index (Phi) is 9.09. The lowest BCUT2D eigenvalue weighted by Crippen LogP contribution is -2.24. The van der Waals surface area contributed by atoms with Crippen molar-refractivity contribution in [2.24, 2.45) is 5.10 Å². The second-order valence-electron chi connectivity index (χ2n) is 6.20. The van der Waals surface area contributed by atoms with Crippen LogP contribution in [-0.4, -0.2) is 25.3 Å². The number of carbonyl (C=O) groups excluding carboxylic acids is 1. The Morgan fingerprint density at radius 1 is 1.04 bits per heavy atom. The maximum Gasteiger partial charge on any atom is 0.277 e. The van der Waals surface area contributed by atoms with E-state index in [1.807, 2.05) is 30.3 Å². The van der Waals surface area contributed by atoms with Gasteiger partial charge in [0.15, 0.2) is 6.61 Å². The highest BCUT2D eigenvalue weighted by Gasteiger charge is 2.01. The minimum atomic E-state index is -0.368. The van der Waals surface area contributed by atoms with E-state index in [1.54, 1.807) is 30.5 Å². The molecule has 0 radical (unpaired) electrons. The Bertz CT molecular complexity index is 793. The largest absolute Gasteiger partial charge is 0.494 e.